The highest BCUT2D eigenvalue weighted by Crippen LogP contribution is 2.45. The van der Waals surface area contributed by atoms with E-state index in [0.29, 0.717) is 36.3 Å². The largest absolute Gasteiger partial charge is 0.512 e. The second-order valence-electron chi connectivity index (χ2n) is 7.23. The maximum absolute atomic E-state index is 12.9. The molecule has 1 aliphatic heterocycles. The predicted octanol–water partition coefficient (Wildman–Crippen LogP) is 5.20. The van der Waals surface area contributed by atoms with Gasteiger partial charge >= 0.3 is 0 Å². The molecule has 0 bridgehead atoms. The van der Waals surface area contributed by atoms with Crippen molar-refractivity contribution < 1.29 is 19.4 Å². The second-order valence-corrected chi connectivity index (χ2v) is 8.08. The van der Waals surface area contributed by atoms with Gasteiger partial charge in [0, 0.05) is 34.9 Å². The summed E-state index contributed by atoms with van der Waals surface area (Å²) in [6.07, 6.45) is 1.62. The Bertz CT molecular complexity index is 1350. The van der Waals surface area contributed by atoms with Gasteiger partial charge in [-0.05, 0) is 36.8 Å². The van der Waals surface area contributed by atoms with E-state index < -0.39 is 0 Å². The van der Waals surface area contributed by atoms with Gasteiger partial charge < -0.3 is 19.6 Å². The van der Waals surface area contributed by atoms with Crippen LogP contribution in [0.25, 0.3) is 38.0 Å². The number of Topliss-reactive ketones (excluding diaryl/α,β-unsaturated/α-hetero) is 1. The van der Waals surface area contributed by atoms with Gasteiger partial charge in [0.25, 0.3) is 0 Å². The first kappa shape index (κ1) is 16.6. The Morgan fingerprint density at radius 2 is 2.00 bits per heavy atom. The minimum atomic E-state index is -0.0295. The number of carbonyl (C=O) groups excluding carboxylic acids is 1. The van der Waals surface area contributed by atoms with E-state index in [-0.39, 0.29) is 18.3 Å². The Morgan fingerprint density at radius 1 is 1.10 bits per heavy atom. The summed E-state index contributed by atoms with van der Waals surface area (Å²) >= 11 is 1.53. The molecule has 6 nitrogen and oxygen atoms in total. The van der Waals surface area contributed by atoms with Gasteiger partial charge in [0.15, 0.2) is 17.3 Å². The summed E-state index contributed by atoms with van der Waals surface area (Å²) in [5.41, 5.74) is 6.41. The van der Waals surface area contributed by atoms with Crippen LogP contribution in [0.3, 0.4) is 0 Å². The molecule has 2 aromatic carbocycles. The zero-order chi connectivity index (χ0) is 19.5. The number of aliphatic hydroxyl groups excluding tert-OH is 1. The van der Waals surface area contributed by atoms with Gasteiger partial charge in [-0.25, -0.2) is 4.98 Å². The number of H-pyrrole nitrogens is 1. The molecule has 0 unspecified atom stereocenters. The lowest BCUT2D eigenvalue weighted by Gasteiger charge is -2.16. The van der Waals surface area contributed by atoms with E-state index in [2.05, 4.69) is 9.97 Å². The number of aliphatic hydroxyl groups is 1. The van der Waals surface area contributed by atoms with Crippen LogP contribution >= 0.6 is 11.3 Å². The topological polar surface area (TPSA) is 84.4 Å². The highest BCUT2D eigenvalue weighted by molar-refractivity contribution is 7.17. The first-order valence-electron chi connectivity index (χ1n) is 9.44. The van der Waals surface area contributed by atoms with Crippen LogP contribution in [-0.4, -0.2) is 27.7 Å². The van der Waals surface area contributed by atoms with Crippen LogP contribution in [-0.2, 0) is 4.79 Å². The van der Waals surface area contributed by atoms with Crippen molar-refractivity contribution in [2.45, 2.75) is 19.3 Å². The van der Waals surface area contributed by atoms with Gasteiger partial charge in [-0.1, -0.05) is 0 Å². The average Bonchev–Trinajstić information content (AvgIpc) is 3.44. The van der Waals surface area contributed by atoms with Gasteiger partial charge in [-0.15, -0.1) is 11.3 Å². The van der Waals surface area contributed by atoms with E-state index in [1.807, 2.05) is 30.3 Å². The van der Waals surface area contributed by atoms with E-state index in [9.17, 15) is 9.90 Å². The van der Waals surface area contributed by atoms with Gasteiger partial charge in [0.1, 0.15) is 5.76 Å². The molecule has 29 heavy (non-hydrogen) atoms. The molecule has 6 rings (SSSR count). The molecule has 2 aromatic heterocycles. The molecule has 0 atom stereocenters. The maximum atomic E-state index is 12.9. The van der Waals surface area contributed by atoms with Gasteiger partial charge in [-0.2, -0.15) is 0 Å². The second kappa shape index (κ2) is 6.09. The summed E-state index contributed by atoms with van der Waals surface area (Å²) in [6.45, 7) is 0.199. The molecular weight excluding hydrogens is 388 g/mol. The fraction of sp³-hybridized carbons (Fsp3) is 0.182. The lowest BCUT2D eigenvalue weighted by molar-refractivity contribution is -0.114. The van der Waals surface area contributed by atoms with Gasteiger partial charge in [-0.3, -0.25) is 4.79 Å². The number of rotatable bonds is 2. The number of nitrogens with one attached hydrogen (secondary N) is 1. The number of thiazole rings is 1. The number of fused-ring (bicyclic) bond motifs is 4. The summed E-state index contributed by atoms with van der Waals surface area (Å²) in [4.78, 5) is 20.8. The van der Waals surface area contributed by atoms with Crippen molar-refractivity contribution in [2.24, 2.45) is 0 Å². The van der Waals surface area contributed by atoms with Crippen molar-refractivity contribution in [3.63, 3.8) is 0 Å². The molecular formula is C22H16N2O4S. The van der Waals surface area contributed by atoms with E-state index >= 15 is 0 Å². The highest BCUT2D eigenvalue weighted by atomic mass is 32.1. The average molecular weight is 404 g/mol. The molecule has 7 heteroatoms. The minimum absolute atomic E-state index is 0.0295. The molecule has 0 radical (unpaired) electrons. The number of benzene rings is 2. The first-order valence-corrected chi connectivity index (χ1v) is 10.3. The third-order valence-electron chi connectivity index (χ3n) is 5.56. The third-order valence-corrected chi connectivity index (χ3v) is 6.41. The van der Waals surface area contributed by atoms with Crippen molar-refractivity contribution in [3.05, 3.63) is 47.2 Å². The number of carbonyl (C=O) groups is 1. The summed E-state index contributed by atoms with van der Waals surface area (Å²) in [5.74, 6) is 1.50. The monoisotopic (exact) mass is 404 g/mol. The number of hydrogen-bond donors (Lipinski definition) is 2. The van der Waals surface area contributed by atoms with Crippen LogP contribution in [0.15, 0.2) is 41.6 Å². The highest BCUT2D eigenvalue weighted by Gasteiger charge is 2.29. The summed E-state index contributed by atoms with van der Waals surface area (Å²) in [5, 5.41) is 11.6. The molecule has 1 aliphatic carbocycles. The summed E-state index contributed by atoms with van der Waals surface area (Å²) in [6, 6.07) is 9.66. The number of ether oxygens (including phenoxy) is 2. The molecule has 4 aromatic rings. The molecule has 144 valence electrons. The molecule has 2 N–H and O–H groups in total. The Labute approximate surface area is 169 Å². The maximum Gasteiger partial charge on any atom is 0.231 e. The van der Waals surface area contributed by atoms with Gasteiger partial charge in [0.05, 0.1) is 27.0 Å². The van der Waals surface area contributed by atoms with Crippen molar-refractivity contribution in [2.75, 3.05) is 6.79 Å². The smallest absolute Gasteiger partial charge is 0.231 e. The minimum Gasteiger partial charge on any atom is -0.512 e. The predicted molar refractivity (Wildman–Crippen MR) is 111 cm³/mol. The van der Waals surface area contributed by atoms with Crippen molar-refractivity contribution in [1.82, 2.24) is 9.97 Å². The Morgan fingerprint density at radius 3 is 2.90 bits per heavy atom. The molecule has 0 spiro atoms. The van der Waals surface area contributed by atoms with Crippen LogP contribution in [0.4, 0.5) is 0 Å². The molecule has 0 saturated heterocycles. The van der Waals surface area contributed by atoms with Crippen molar-refractivity contribution >= 4 is 43.8 Å². The zero-order valence-corrected chi connectivity index (χ0v) is 16.1. The standard InChI is InChI=1S/C22H16N2O4S/c25-14-2-1-3-15(26)19(14)20-18-12(5-6-13-22(18)29-9-23-13)24-21(20)11-4-7-16-17(8-11)28-10-27-16/h4-9,24-25H,1-3,10H2. The number of nitrogens with zero attached hydrogens (tertiary/aromatic N) is 1. The number of aromatic nitrogens is 2. The third kappa shape index (κ3) is 2.40. The van der Waals surface area contributed by atoms with Crippen LogP contribution < -0.4 is 9.47 Å². The molecule has 0 fully saturated rings. The summed E-state index contributed by atoms with van der Waals surface area (Å²) in [7, 11) is 0. The molecule has 0 saturated carbocycles. The zero-order valence-electron chi connectivity index (χ0n) is 15.3. The number of aromatic amines is 1. The van der Waals surface area contributed by atoms with Crippen LogP contribution in [0.2, 0.25) is 0 Å². The quantitative estimate of drug-likeness (QED) is 0.480. The van der Waals surface area contributed by atoms with Crippen LogP contribution in [0.5, 0.6) is 11.5 Å². The fourth-order valence-electron chi connectivity index (χ4n) is 4.23. The lowest BCUT2D eigenvalue weighted by atomic mass is 9.88. The Kier molecular flexibility index (Phi) is 3.49. The summed E-state index contributed by atoms with van der Waals surface area (Å²) < 4.78 is 12.0. The SMILES string of the molecule is O=C1CCCC(O)=C1c1c(-c2ccc3c(c2)OCO3)[nH]c2ccc3ncsc3c12. The first-order chi connectivity index (χ1) is 14.2. The Balaban J connectivity index is 1.72. The van der Waals surface area contributed by atoms with Crippen LogP contribution in [0, 0.1) is 0 Å². The number of allylic oxidation sites excluding steroid dienone is 2. The van der Waals surface area contributed by atoms with E-state index in [1.54, 1.807) is 5.51 Å². The molecule has 3 heterocycles. The number of hydrogen-bond acceptors (Lipinski definition) is 6. The van der Waals surface area contributed by atoms with E-state index in [0.717, 1.165) is 37.9 Å². The molecule has 0 amide bonds. The normalized spacial score (nSPS) is 16.3. The van der Waals surface area contributed by atoms with Crippen molar-refractivity contribution in [3.8, 4) is 22.8 Å². The van der Waals surface area contributed by atoms with Crippen molar-refractivity contribution in [1.29, 1.82) is 0 Å². The van der Waals surface area contributed by atoms with Gasteiger partial charge in [0.2, 0.25) is 6.79 Å². The molecule has 2 aliphatic rings. The van der Waals surface area contributed by atoms with E-state index in [1.165, 1.54) is 11.3 Å². The Hall–Kier alpha value is -3.32. The fourth-order valence-corrected chi connectivity index (χ4v) is 5.08. The lowest BCUT2D eigenvalue weighted by Crippen LogP contribution is -2.11. The van der Waals surface area contributed by atoms with Crippen LogP contribution in [0.1, 0.15) is 24.8 Å². The van der Waals surface area contributed by atoms with E-state index in [4.69, 9.17) is 9.47 Å². The number of ketones is 1.